The molecule has 0 atom stereocenters. The van der Waals surface area contributed by atoms with Crippen LogP contribution >= 0.6 is 11.6 Å². The van der Waals surface area contributed by atoms with Gasteiger partial charge in [-0.15, -0.1) is 0 Å². The van der Waals surface area contributed by atoms with Gasteiger partial charge in [-0.25, -0.2) is 4.99 Å². The van der Waals surface area contributed by atoms with E-state index in [0.29, 0.717) is 6.54 Å². The number of hydrogen-bond acceptors (Lipinski definition) is 3. The number of halogens is 1. The Morgan fingerprint density at radius 3 is 2.58 bits per heavy atom. The SMILES string of the molecule is CCNC(=NCc1ccccc1Cl)NCC1(N(C)C)CCOCC1. The number of rotatable bonds is 6. The van der Waals surface area contributed by atoms with E-state index in [-0.39, 0.29) is 5.54 Å². The van der Waals surface area contributed by atoms with E-state index in [2.05, 4.69) is 41.5 Å². The number of nitrogens with zero attached hydrogens (tertiary/aromatic N) is 2. The molecular weight excluding hydrogens is 324 g/mol. The van der Waals surface area contributed by atoms with Crippen molar-refractivity contribution in [2.75, 3.05) is 40.4 Å². The topological polar surface area (TPSA) is 48.9 Å². The highest BCUT2D eigenvalue weighted by atomic mass is 35.5. The van der Waals surface area contributed by atoms with Crippen LogP contribution in [0.1, 0.15) is 25.3 Å². The quantitative estimate of drug-likeness (QED) is 0.610. The summed E-state index contributed by atoms with van der Waals surface area (Å²) in [4.78, 5) is 6.99. The Kier molecular flexibility index (Phi) is 7.34. The molecule has 0 radical (unpaired) electrons. The second-order valence-electron chi connectivity index (χ2n) is 6.37. The standard InChI is InChI=1S/C18H29ClN4O/c1-4-20-17(21-13-15-7-5-6-8-16(15)19)22-14-18(23(2)3)9-11-24-12-10-18/h5-8H,4,9-14H2,1-3H3,(H2,20,21,22). The molecule has 0 amide bonds. The Morgan fingerprint density at radius 1 is 1.25 bits per heavy atom. The first-order chi connectivity index (χ1) is 11.6. The van der Waals surface area contributed by atoms with Crippen molar-refractivity contribution in [2.24, 2.45) is 4.99 Å². The molecule has 1 saturated heterocycles. The highest BCUT2D eigenvalue weighted by Gasteiger charge is 2.34. The van der Waals surface area contributed by atoms with Gasteiger partial charge >= 0.3 is 0 Å². The lowest BCUT2D eigenvalue weighted by Crippen LogP contribution is -2.57. The number of ether oxygens (including phenoxy) is 1. The van der Waals surface area contributed by atoms with Crippen molar-refractivity contribution < 1.29 is 4.74 Å². The molecule has 0 aliphatic carbocycles. The molecule has 0 spiro atoms. The monoisotopic (exact) mass is 352 g/mol. The van der Waals surface area contributed by atoms with Crippen molar-refractivity contribution >= 4 is 17.6 Å². The third kappa shape index (κ3) is 5.10. The molecule has 1 aliphatic heterocycles. The molecule has 2 N–H and O–H groups in total. The Bertz CT molecular complexity index is 542. The molecule has 2 rings (SSSR count). The van der Waals surface area contributed by atoms with Crippen LogP contribution in [0.2, 0.25) is 5.02 Å². The molecule has 6 heteroatoms. The number of likely N-dealkylation sites (N-methyl/N-ethyl adjacent to an activating group) is 1. The second kappa shape index (κ2) is 9.25. The van der Waals surface area contributed by atoms with Gasteiger partial charge in [0.1, 0.15) is 0 Å². The van der Waals surface area contributed by atoms with Crippen LogP contribution in [0.5, 0.6) is 0 Å². The van der Waals surface area contributed by atoms with Gasteiger partial charge in [0.15, 0.2) is 5.96 Å². The van der Waals surface area contributed by atoms with Gasteiger partial charge in [0.2, 0.25) is 0 Å². The maximum absolute atomic E-state index is 6.22. The summed E-state index contributed by atoms with van der Waals surface area (Å²) < 4.78 is 5.53. The van der Waals surface area contributed by atoms with E-state index in [9.17, 15) is 0 Å². The summed E-state index contributed by atoms with van der Waals surface area (Å²) in [5, 5.41) is 7.57. The van der Waals surface area contributed by atoms with Crippen molar-refractivity contribution in [1.29, 1.82) is 0 Å². The summed E-state index contributed by atoms with van der Waals surface area (Å²) in [6.07, 6.45) is 2.05. The molecule has 134 valence electrons. The first kappa shape index (κ1) is 19.0. The lowest BCUT2D eigenvalue weighted by Gasteiger charge is -2.43. The van der Waals surface area contributed by atoms with E-state index in [1.54, 1.807) is 0 Å². The number of hydrogen-bond donors (Lipinski definition) is 2. The first-order valence-corrected chi connectivity index (χ1v) is 8.96. The smallest absolute Gasteiger partial charge is 0.191 e. The van der Waals surface area contributed by atoms with Crippen molar-refractivity contribution in [1.82, 2.24) is 15.5 Å². The van der Waals surface area contributed by atoms with Gasteiger partial charge in [0.05, 0.1) is 6.54 Å². The van der Waals surface area contributed by atoms with Crippen molar-refractivity contribution in [2.45, 2.75) is 31.8 Å². The number of aliphatic imine (C=N–C) groups is 1. The van der Waals surface area contributed by atoms with Gasteiger partial charge in [-0.3, -0.25) is 0 Å². The van der Waals surface area contributed by atoms with Crippen LogP contribution in [0.3, 0.4) is 0 Å². The fourth-order valence-electron chi connectivity index (χ4n) is 2.91. The van der Waals surface area contributed by atoms with E-state index in [1.165, 1.54) is 0 Å². The molecule has 0 saturated carbocycles. The molecular formula is C18H29ClN4O. The van der Waals surface area contributed by atoms with Gasteiger partial charge in [0, 0.05) is 36.9 Å². The van der Waals surface area contributed by atoms with E-state index in [1.807, 2.05) is 24.3 Å². The van der Waals surface area contributed by atoms with Crippen LogP contribution in [0, 0.1) is 0 Å². The maximum Gasteiger partial charge on any atom is 0.191 e. The predicted molar refractivity (Wildman–Crippen MR) is 101 cm³/mol. The maximum atomic E-state index is 6.22. The minimum atomic E-state index is 0.110. The minimum absolute atomic E-state index is 0.110. The number of nitrogens with one attached hydrogen (secondary N) is 2. The number of guanidine groups is 1. The Hall–Kier alpha value is -1.30. The highest BCUT2D eigenvalue weighted by molar-refractivity contribution is 6.31. The lowest BCUT2D eigenvalue weighted by atomic mass is 9.88. The van der Waals surface area contributed by atoms with Crippen LogP contribution in [0.4, 0.5) is 0 Å². The van der Waals surface area contributed by atoms with Gasteiger partial charge in [-0.1, -0.05) is 29.8 Å². The molecule has 0 aromatic heterocycles. The van der Waals surface area contributed by atoms with E-state index >= 15 is 0 Å². The van der Waals surface area contributed by atoms with Crippen molar-refractivity contribution in [3.05, 3.63) is 34.9 Å². The molecule has 1 aliphatic rings. The molecule has 0 unspecified atom stereocenters. The summed E-state index contributed by atoms with van der Waals surface area (Å²) >= 11 is 6.22. The molecule has 1 aromatic rings. The van der Waals surface area contributed by atoms with Gasteiger partial charge < -0.3 is 20.3 Å². The van der Waals surface area contributed by atoms with Crippen LogP contribution in [0.15, 0.2) is 29.3 Å². The van der Waals surface area contributed by atoms with E-state index in [4.69, 9.17) is 16.3 Å². The predicted octanol–water partition coefficient (Wildman–Crippen LogP) is 2.51. The largest absolute Gasteiger partial charge is 0.381 e. The van der Waals surface area contributed by atoms with Gasteiger partial charge in [0.25, 0.3) is 0 Å². The molecule has 1 heterocycles. The average Bonchev–Trinajstić information content (AvgIpc) is 2.59. The van der Waals surface area contributed by atoms with Crippen LogP contribution in [-0.2, 0) is 11.3 Å². The van der Waals surface area contributed by atoms with E-state index < -0.39 is 0 Å². The molecule has 0 bridgehead atoms. The minimum Gasteiger partial charge on any atom is -0.381 e. The molecule has 1 fully saturated rings. The Labute approximate surface area is 150 Å². The van der Waals surface area contributed by atoms with Gasteiger partial charge in [-0.2, -0.15) is 0 Å². The van der Waals surface area contributed by atoms with Crippen LogP contribution in [-0.4, -0.2) is 56.8 Å². The molecule has 5 nitrogen and oxygen atoms in total. The summed E-state index contributed by atoms with van der Waals surface area (Å²) in [6.45, 7) is 5.93. The fourth-order valence-corrected chi connectivity index (χ4v) is 3.11. The summed E-state index contributed by atoms with van der Waals surface area (Å²) in [5.74, 6) is 0.824. The normalized spacial score (nSPS) is 17.8. The summed E-state index contributed by atoms with van der Waals surface area (Å²) in [6, 6.07) is 7.83. The highest BCUT2D eigenvalue weighted by Crippen LogP contribution is 2.25. The van der Waals surface area contributed by atoms with Crippen LogP contribution < -0.4 is 10.6 Å². The third-order valence-electron chi connectivity index (χ3n) is 4.67. The lowest BCUT2D eigenvalue weighted by molar-refractivity contribution is -0.00501. The zero-order chi connectivity index (χ0) is 17.4. The molecule has 1 aromatic carbocycles. The zero-order valence-electron chi connectivity index (χ0n) is 14.9. The van der Waals surface area contributed by atoms with Crippen molar-refractivity contribution in [3.8, 4) is 0 Å². The number of benzene rings is 1. The Balaban J connectivity index is 2.02. The Morgan fingerprint density at radius 2 is 1.96 bits per heavy atom. The van der Waals surface area contributed by atoms with Gasteiger partial charge in [-0.05, 0) is 45.5 Å². The summed E-state index contributed by atoms with van der Waals surface area (Å²) in [7, 11) is 4.28. The fraction of sp³-hybridized carbons (Fsp3) is 0.611. The van der Waals surface area contributed by atoms with E-state index in [0.717, 1.165) is 55.7 Å². The zero-order valence-corrected chi connectivity index (χ0v) is 15.7. The first-order valence-electron chi connectivity index (χ1n) is 8.58. The molecule has 24 heavy (non-hydrogen) atoms. The average molecular weight is 353 g/mol. The van der Waals surface area contributed by atoms with Crippen molar-refractivity contribution in [3.63, 3.8) is 0 Å². The van der Waals surface area contributed by atoms with Crippen LogP contribution in [0.25, 0.3) is 0 Å². The third-order valence-corrected chi connectivity index (χ3v) is 5.04. The summed E-state index contributed by atoms with van der Waals surface area (Å²) in [5.41, 5.74) is 1.14. The second-order valence-corrected chi connectivity index (χ2v) is 6.78.